The molecule has 162 valence electrons. The number of alkyl halides is 3. The van der Waals surface area contributed by atoms with E-state index in [1.54, 1.807) is 6.07 Å². The Labute approximate surface area is 184 Å². The van der Waals surface area contributed by atoms with Crippen LogP contribution in [0.2, 0.25) is 5.02 Å². The Morgan fingerprint density at radius 3 is 2.35 bits per heavy atom. The molecule has 3 rings (SSSR count). The molecule has 1 N–H and O–H groups in total. The second-order valence-electron chi connectivity index (χ2n) is 6.10. The van der Waals surface area contributed by atoms with E-state index in [0.717, 1.165) is 30.0 Å². The molecule has 6 nitrogen and oxygen atoms in total. The Morgan fingerprint density at radius 2 is 1.68 bits per heavy atom. The van der Waals surface area contributed by atoms with Gasteiger partial charge in [0, 0.05) is 16.0 Å². The van der Waals surface area contributed by atoms with Gasteiger partial charge in [0.05, 0.1) is 26.0 Å². The van der Waals surface area contributed by atoms with Crippen molar-refractivity contribution in [2.75, 3.05) is 4.72 Å². The second kappa shape index (κ2) is 8.77. The van der Waals surface area contributed by atoms with Gasteiger partial charge in [-0.1, -0.05) is 41.6 Å². The van der Waals surface area contributed by atoms with Crippen molar-refractivity contribution in [1.29, 1.82) is 0 Å². The first-order valence-electron chi connectivity index (χ1n) is 8.38. The normalized spacial score (nSPS) is 11.9. The number of halogens is 4. The lowest BCUT2D eigenvalue weighted by atomic mass is 10.2. The van der Waals surface area contributed by atoms with Gasteiger partial charge in [-0.05, 0) is 42.5 Å². The van der Waals surface area contributed by atoms with Crippen LogP contribution in [-0.4, -0.2) is 13.3 Å². The van der Waals surface area contributed by atoms with Crippen molar-refractivity contribution in [1.82, 2.24) is 0 Å². The highest BCUT2D eigenvalue weighted by Crippen LogP contribution is 2.40. The Hall–Kier alpha value is -2.76. The molecule has 0 aliphatic carbocycles. The standard InChI is InChI=1S/C19H12ClF3N2O4S2/c20-13-8-9-18(16(11-13)25(26)27)30-17-7-2-1-6-15(17)24-31(28,29)14-5-3-4-12(10-14)19(21,22)23/h1-11,24H. The van der Waals surface area contributed by atoms with Crippen LogP contribution in [0.25, 0.3) is 0 Å². The van der Waals surface area contributed by atoms with E-state index < -0.39 is 31.6 Å². The van der Waals surface area contributed by atoms with Gasteiger partial charge >= 0.3 is 6.18 Å². The van der Waals surface area contributed by atoms with Gasteiger partial charge in [-0.2, -0.15) is 13.2 Å². The summed E-state index contributed by atoms with van der Waals surface area (Å²) >= 11 is 6.72. The fourth-order valence-electron chi connectivity index (χ4n) is 2.52. The van der Waals surface area contributed by atoms with Crippen LogP contribution in [0, 0.1) is 10.1 Å². The third-order valence-electron chi connectivity index (χ3n) is 3.94. The van der Waals surface area contributed by atoms with Crippen LogP contribution in [0.5, 0.6) is 0 Å². The molecule has 0 amide bonds. The highest BCUT2D eigenvalue weighted by atomic mass is 35.5. The van der Waals surface area contributed by atoms with Gasteiger partial charge in [0.1, 0.15) is 0 Å². The number of benzene rings is 3. The van der Waals surface area contributed by atoms with E-state index in [0.29, 0.717) is 11.0 Å². The summed E-state index contributed by atoms with van der Waals surface area (Å²) in [6.07, 6.45) is -4.70. The largest absolute Gasteiger partial charge is 0.416 e. The van der Waals surface area contributed by atoms with Crippen molar-refractivity contribution in [3.8, 4) is 0 Å². The van der Waals surface area contributed by atoms with E-state index in [9.17, 15) is 31.7 Å². The fraction of sp³-hybridized carbons (Fsp3) is 0.0526. The van der Waals surface area contributed by atoms with E-state index in [-0.39, 0.29) is 21.3 Å². The minimum atomic E-state index is -4.70. The number of anilines is 1. The van der Waals surface area contributed by atoms with Crippen molar-refractivity contribution in [2.24, 2.45) is 0 Å². The Bertz CT molecular complexity index is 1250. The number of para-hydroxylation sites is 1. The number of hydrogen-bond acceptors (Lipinski definition) is 5. The minimum Gasteiger partial charge on any atom is -0.278 e. The van der Waals surface area contributed by atoms with Crippen molar-refractivity contribution >= 4 is 44.8 Å². The van der Waals surface area contributed by atoms with Gasteiger partial charge in [-0.25, -0.2) is 8.42 Å². The van der Waals surface area contributed by atoms with E-state index >= 15 is 0 Å². The van der Waals surface area contributed by atoms with Crippen LogP contribution in [-0.2, 0) is 16.2 Å². The number of nitrogens with zero attached hydrogens (tertiary/aromatic N) is 1. The number of nitrogens with one attached hydrogen (secondary N) is 1. The Kier molecular flexibility index (Phi) is 6.48. The zero-order chi connectivity index (χ0) is 22.8. The topological polar surface area (TPSA) is 89.3 Å². The highest BCUT2D eigenvalue weighted by molar-refractivity contribution is 7.99. The van der Waals surface area contributed by atoms with Gasteiger partial charge in [-0.15, -0.1) is 0 Å². The van der Waals surface area contributed by atoms with Gasteiger partial charge in [-0.3, -0.25) is 14.8 Å². The molecule has 3 aromatic rings. The summed E-state index contributed by atoms with van der Waals surface area (Å²) in [5.41, 5.74) is -1.32. The first kappa shape index (κ1) is 22.9. The van der Waals surface area contributed by atoms with Gasteiger partial charge in [0.2, 0.25) is 0 Å². The monoisotopic (exact) mass is 488 g/mol. The Morgan fingerprint density at radius 1 is 0.968 bits per heavy atom. The number of hydrogen-bond donors (Lipinski definition) is 1. The predicted octanol–water partition coefficient (Wildman–Crippen LogP) is 6.22. The average Bonchev–Trinajstić information content (AvgIpc) is 2.70. The summed E-state index contributed by atoms with van der Waals surface area (Å²) in [4.78, 5) is 10.6. The molecule has 31 heavy (non-hydrogen) atoms. The number of rotatable bonds is 6. The van der Waals surface area contributed by atoms with Crippen LogP contribution in [0.1, 0.15) is 5.56 Å². The molecule has 0 heterocycles. The summed E-state index contributed by atoms with van der Waals surface area (Å²) in [6, 6.07) is 13.4. The van der Waals surface area contributed by atoms with Gasteiger partial charge in [0.25, 0.3) is 15.7 Å². The van der Waals surface area contributed by atoms with E-state index in [1.807, 2.05) is 0 Å². The average molecular weight is 489 g/mol. The predicted molar refractivity (Wildman–Crippen MR) is 111 cm³/mol. The SMILES string of the molecule is O=[N+]([O-])c1cc(Cl)ccc1Sc1ccccc1NS(=O)(=O)c1cccc(C(F)(F)F)c1. The number of sulfonamides is 1. The van der Waals surface area contributed by atoms with Crippen LogP contribution in [0.3, 0.4) is 0 Å². The molecule has 12 heteroatoms. The smallest absolute Gasteiger partial charge is 0.278 e. The molecule has 0 saturated heterocycles. The summed E-state index contributed by atoms with van der Waals surface area (Å²) in [6.45, 7) is 0. The van der Waals surface area contributed by atoms with Crippen LogP contribution in [0.15, 0.2) is 81.4 Å². The molecule has 0 unspecified atom stereocenters. The zero-order valence-electron chi connectivity index (χ0n) is 15.3. The summed E-state index contributed by atoms with van der Waals surface area (Å²) in [5, 5.41) is 11.5. The molecule has 0 fully saturated rings. The van der Waals surface area contributed by atoms with Crippen molar-refractivity contribution in [3.63, 3.8) is 0 Å². The van der Waals surface area contributed by atoms with Gasteiger partial charge in [0.15, 0.2) is 0 Å². The first-order valence-corrected chi connectivity index (χ1v) is 11.1. The van der Waals surface area contributed by atoms with Crippen LogP contribution in [0.4, 0.5) is 24.5 Å². The van der Waals surface area contributed by atoms with Gasteiger partial charge < -0.3 is 0 Å². The molecule has 0 aromatic heterocycles. The maximum Gasteiger partial charge on any atom is 0.416 e. The number of nitro benzene ring substituents is 1. The lowest BCUT2D eigenvalue weighted by Crippen LogP contribution is -2.15. The molecular weight excluding hydrogens is 477 g/mol. The van der Waals surface area contributed by atoms with Crippen molar-refractivity contribution in [2.45, 2.75) is 20.9 Å². The first-order chi connectivity index (χ1) is 14.5. The molecule has 0 aliphatic heterocycles. The zero-order valence-corrected chi connectivity index (χ0v) is 17.6. The minimum absolute atomic E-state index is 0.0501. The van der Waals surface area contributed by atoms with E-state index in [1.165, 1.54) is 36.4 Å². The molecule has 0 radical (unpaired) electrons. The third-order valence-corrected chi connectivity index (χ3v) is 6.68. The second-order valence-corrected chi connectivity index (χ2v) is 9.30. The molecule has 0 saturated carbocycles. The van der Waals surface area contributed by atoms with E-state index in [2.05, 4.69) is 4.72 Å². The third kappa shape index (κ3) is 5.49. The summed E-state index contributed by atoms with van der Waals surface area (Å²) in [7, 11) is -4.36. The molecular formula is C19H12ClF3N2O4S2. The summed E-state index contributed by atoms with van der Waals surface area (Å²) in [5.74, 6) is 0. The quantitative estimate of drug-likeness (QED) is 0.328. The molecule has 0 aliphatic rings. The van der Waals surface area contributed by atoms with Crippen molar-refractivity contribution < 1.29 is 26.5 Å². The molecule has 0 spiro atoms. The maximum atomic E-state index is 12.9. The fourth-order valence-corrected chi connectivity index (χ4v) is 4.86. The Balaban J connectivity index is 1.96. The molecule has 0 bridgehead atoms. The number of nitro groups is 1. The van der Waals surface area contributed by atoms with Crippen LogP contribution < -0.4 is 4.72 Å². The van der Waals surface area contributed by atoms with Crippen LogP contribution >= 0.6 is 23.4 Å². The molecule has 3 aromatic carbocycles. The summed E-state index contributed by atoms with van der Waals surface area (Å²) < 4.78 is 66.4. The lowest BCUT2D eigenvalue weighted by molar-refractivity contribution is -0.387. The van der Waals surface area contributed by atoms with E-state index in [4.69, 9.17) is 11.6 Å². The lowest BCUT2D eigenvalue weighted by Gasteiger charge is -2.14. The maximum absolute atomic E-state index is 12.9. The highest BCUT2D eigenvalue weighted by Gasteiger charge is 2.31. The molecule has 0 atom stereocenters. The van der Waals surface area contributed by atoms with Crippen molar-refractivity contribution in [3.05, 3.63) is 87.4 Å².